The van der Waals surface area contributed by atoms with Gasteiger partial charge >= 0.3 is 5.97 Å². The van der Waals surface area contributed by atoms with E-state index in [2.05, 4.69) is 5.32 Å². The SMILES string of the molecule is CCC(C)(CNC(=O)c1ccc([N+](=O)[O-])cc1)C(=O)O. The number of nitro groups is 1. The number of nitro benzene ring substituents is 1. The van der Waals surface area contributed by atoms with Crippen LogP contribution in [0.5, 0.6) is 0 Å². The van der Waals surface area contributed by atoms with Crippen LogP contribution in [0.2, 0.25) is 0 Å². The summed E-state index contributed by atoms with van der Waals surface area (Å²) in [5.41, 5.74) is -0.888. The minimum Gasteiger partial charge on any atom is -0.481 e. The predicted octanol–water partition coefficient (Wildman–Crippen LogP) is 1.83. The highest BCUT2D eigenvalue weighted by molar-refractivity contribution is 5.94. The van der Waals surface area contributed by atoms with E-state index in [9.17, 15) is 19.7 Å². The Labute approximate surface area is 115 Å². The minimum absolute atomic E-state index is 0.00530. The number of nitrogens with one attached hydrogen (secondary N) is 1. The van der Waals surface area contributed by atoms with Gasteiger partial charge < -0.3 is 10.4 Å². The number of carbonyl (C=O) groups is 2. The molecule has 0 radical (unpaired) electrons. The van der Waals surface area contributed by atoms with Crippen molar-refractivity contribution in [3.63, 3.8) is 0 Å². The highest BCUT2D eigenvalue weighted by Gasteiger charge is 2.31. The average Bonchev–Trinajstić information content (AvgIpc) is 2.44. The second kappa shape index (κ2) is 6.14. The van der Waals surface area contributed by atoms with Gasteiger partial charge in [-0.1, -0.05) is 6.92 Å². The number of non-ortho nitro benzene ring substituents is 1. The van der Waals surface area contributed by atoms with Crippen molar-refractivity contribution >= 4 is 17.6 Å². The molecule has 0 saturated carbocycles. The monoisotopic (exact) mass is 280 g/mol. The maximum Gasteiger partial charge on any atom is 0.311 e. The third kappa shape index (κ3) is 3.53. The molecule has 2 N–H and O–H groups in total. The van der Waals surface area contributed by atoms with Crippen LogP contribution in [-0.4, -0.2) is 28.5 Å². The lowest BCUT2D eigenvalue weighted by Gasteiger charge is -2.23. The van der Waals surface area contributed by atoms with Gasteiger partial charge in [0.1, 0.15) is 0 Å². The molecule has 0 aliphatic rings. The third-order valence-electron chi connectivity index (χ3n) is 3.28. The van der Waals surface area contributed by atoms with Crippen LogP contribution in [0.3, 0.4) is 0 Å². The third-order valence-corrected chi connectivity index (χ3v) is 3.28. The van der Waals surface area contributed by atoms with E-state index in [1.54, 1.807) is 13.8 Å². The molecule has 1 aromatic carbocycles. The number of aliphatic carboxylic acids is 1. The summed E-state index contributed by atoms with van der Waals surface area (Å²) in [7, 11) is 0. The largest absolute Gasteiger partial charge is 0.481 e. The van der Waals surface area contributed by atoms with E-state index >= 15 is 0 Å². The van der Waals surface area contributed by atoms with Gasteiger partial charge in [-0.3, -0.25) is 19.7 Å². The van der Waals surface area contributed by atoms with Gasteiger partial charge in [-0.2, -0.15) is 0 Å². The van der Waals surface area contributed by atoms with E-state index in [0.29, 0.717) is 6.42 Å². The van der Waals surface area contributed by atoms with E-state index in [1.165, 1.54) is 24.3 Å². The highest BCUT2D eigenvalue weighted by atomic mass is 16.6. The molecule has 0 fully saturated rings. The maximum atomic E-state index is 11.8. The topological polar surface area (TPSA) is 110 Å². The summed E-state index contributed by atoms with van der Waals surface area (Å²) in [4.78, 5) is 32.9. The van der Waals surface area contributed by atoms with Gasteiger partial charge in [0.2, 0.25) is 0 Å². The standard InChI is InChI=1S/C13H16N2O5/c1-3-13(2,12(17)18)8-14-11(16)9-4-6-10(7-5-9)15(19)20/h4-7H,3,8H2,1-2H3,(H,14,16)(H,17,18). The molecule has 20 heavy (non-hydrogen) atoms. The highest BCUT2D eigenvalue weighted by Crippen LogP contribution is 2.20. The van der Waals surface area contributed by atoms with Gasteiger partial charge in [-0.25, -0.2) is 0 Å². The Morgan fingerprint density at radius 3 is 2.30 bits per heavy atom. The van der Waals surface area contributed by atoms with Crippen molar-refractivity contribution in [3.05, 3.63) is 39.9 Å². The normalized spacial score (nSPS) is 13.3. The predicted molar refractivity (Wildman–Crippen MR) is 71.5 cm³/mol. The van der Waals surface area contributed by atoms with Gasteiger partial charge in [0.25, 0.3) is 11.6 Å². The number of carboxylic acids is 1. The zero-order chi connectivity index (χ0) is 15.3. The molecule has 0 bridgehead atoms. The van der Waals surface area contributed by atoms with Crippen molar-refractivity contribution in [1.29, 1.82) is 0 Å². The van der Waals surface area contributed by atoms with Crippen molar-refractivity contribution in [2.24, 2.45) is 5.41 Å². The van der Waals surface area contributed by atoms with E-state index in [1.807, 2.05) is 0 Å². The Morgan fingerprint density at radius 1 is 1.35 bits per heavy atom. The van der Waals surface area contributed by atoms with Gasteiger partial charge in [0.05, 0.1) is 10.3 Å². The minimum atomic E-state index is -1.03. The van der Waals surface area contributed by atoms with Crippen molar-refractivity contribution in [1.82, 2.24) is 5.32 Å². The number of benzene rings is 1. The molecule has 0 aromatic heterocycles. The number of rotatable bonds is 6. The van der Waals surface area contributed by atoms with Crippen LogP contribution < -0.4 is 5.32 Å². The van der Waals surface area contributed by atoms with Gasteiger partial charge in [0, 0.05) is 24.2 Å². The van der Waals surface area contributed by atoms with E-state index in [4.69, 9.17) is 5.11 Å². The van der Waals surface area contributed by atoms with Crippen molar-refractivity contribution in [3.8, 4) is 0 Å². The number of hydrogen-bond acceptors (Lipinski definition) is 4. The molecule has 1 aromatic rings. The molecule has 1 atom stereocenters. The Kier molecular flexibility index (Phi) is 4.79. The lowest BCUT2D eigenvalue weighted by Crippen LogP contribution is -2.40. The number of carbonyl (C=O) groups excluding carboxylic acids is 1. The number of nitrogens with zero attached hydrogens (tertiary/aromatic N) is 1. The Bertz CT molecular complexity index is 526. The summed E-state index contributed by atoms with van der Waals surface area (Å²) in [6.07, 6.45) is 0.378. The van der Waals surface area contributed by atoms with Gasteiger partial charge in [-0.15, -0.1) is 0 Å². The Hall–Kier alpha value is -2.44. The van der Waals surface area contributed by atoms with Crippen LogP contribution in [0.25, 0.3) is 0 Å². The van der Waals surface area contributed by atoms with Crippen LogP contribution in [0.1, 0.15) is 30.6 Å². The molecular weight excluding hydrogens is 264 g/mol. The van der Waals surface area contributed by atoms with Crippen LogP contribution in [0.4, 0.5) is 5.69 Å². The molecule has 108 valence electrons. The number of hydrogen-bond donors (Lipinski definition) is 2. The lowest BCUT2D eigenvalue weighted by molar-refractivity contribution is -0.384. The molecule has 1 unspecified atom stereocenters. The van der Waals surface area contributed by atoms with E-state index in [-0.39, 0.29) is 17.8 Å². The molecule has 7 nitrogen and oxygen atoms in total. The first-order valence-corrected chi connectivity index (χ1v) is 6.06. The van der Waals surface area contributed by atoms with E-state index in [0.717, 1.165) is 0 Å². The van der Waals surface area contributed by atoms with Crippen LogP contribution in [-0.2, 0) is 4.79 Å². The molecule has 0 spiro atoms. The fourth-order valence-corrected chi connectivity index (χ4v) is 1.46. The van der Waals surface area contributed by atoms with Gasteiger partial charge in [0.15, 0.2) is 0 Å². The van der Waals surface area contributed by atoms with Crippen LogP contribution >= 0.6 is 0 Å². The molecule has 0 heterocycles. The summed E-state index contributed by atoms with van der Waals surface area (Å²) in [6, 6.07) is 5.12. The van der Waals surface area contributed by atoms with Crippen molar-refractivity contribution in [2.45, 2.75) is 20.3 Å². The summed E-state index contributed by atoms with van der Waals surface area (Å²) in [6.45, 7) is 3.27. The lowest BCUT2D eigenvalue weighted by atomic mass is 9.87. The summed E-state index contributed by atoms with van der Waals surface area (Å²) < 4.78 is 0. The van der Waals surface area contributed by atoms with Crippen molar-refractivity contribution < 1.29 is 19.6 Å². The maximum absolute atomic E-state index is 11.8. The molecular formula is C13H16N2O5. The number of carboxylic acid groups (broad SMARTS) is 1. The molecule has 0 aliphatic carbocycles. The van der Waals surface area contributed by atoms with Crippen LogP contribution in [0.15, 0.2) is 24.3 Å². The molecule has 0 aliphatic heterocycles. The Balaban J connectivity index is 2.72. The Morgan fingerprint density at radius 2 is 1.90 bits per heavy atom. The first-order valence-electron chi connectivity index (χ1n) is 6.06. The molecule has 0 saturated heterocycles. The molecule has 1 rings (SSSR count). The number of amides is 1. The molecule has 1 amide bonds. The van der Waals surface area contributed by atoms with Crippen LogP contribution in [0, 0.1) is 15.5 Å². The first kappa shape index (κ1) is 15.6. The van der Waals surface area contributed by atoms with Crippen molar-refractivity contribution in [2.75, 3.05) is 6.54 Å². The quantitative estimate of drug-likeness (QED) is 0.610. The van der Waals surface area contributed by atoms with Gasteiger partial charge in [-0.05, 0) is 25.5 Å². The fraction of sp³-hybridized carbons (Fsp3) is 0.385. The molecule has 7 heteroatoms. The smallest absolute Gasteiger partial charge is 0.311 e. The average molecular weight is 280 g/mol. The summed E-state index contributed by atoms with van der Waals surface area (Å²) in [5, 5.41) is 22.1. The fourth-order valence-electron chi connectivity index (χ4n) is 1.46. The first-order chi connectivity index (χ1) is 9.30. The van der Waals surface area contributed by atoms with E-state index < -0.39 is 22.2 Å². The summed E-state index contributed by atoms with van der Waals surface area (Å²) >= 11 is 0. The summed E-state index contributed by atoms with van der Waals surface area (Å²) in [5.74, 6) is -1.44. The zero-order valence-electron chi connectivity index (χ0n) is 11.3. The second-order valence-corrected chi connectivity index (χ2v) is 4.71. The zero-order valence-corrected chi connectivity index (χ0v) is 11.3. The second-order valence-electron chi connectivity index (χ2n) is 4.71.